The Kier molecular flexibility index (Phi) is 5.90. The van der Waals surface area contributed by atoms with Gasteiger partial charge in [0.25, 0.3) is 0 Å². The molecule has 1 aliphatic rings. The van der Waals surface area contributed by atoms with Gasteiger partial charge in [-0.25, -0.2) is 14.2 Å². The second-order valence-electron chi connectivity index (χ2n) is 6.40. The number of benzene rings is 1. The van der Waals surface area contributed by atoms with Crippen LogP contribution in [-0.2, 0) is 4.79 Å². The van der Waals surface area contributed by atoms with Gasteiger partial charge in [0, 0.05) is 37.2 Å². The van der Waals surface area contributed by atoms with Crippen LogP contribution in [0.15, 0.2) is 29.6 Å². The molecule has 3 amide bonds. The SMILES string of the molecule is Cc1csc(NC(=O)[C@@H](C)NC(=O)N2CCN(c3ccc(F)cc3)CC2)n1. The minimum atomic E-state index is -0.670. The molecule has 27 heavy (non-hydrogen) atoms. The third-order valence-corrected chi connectivity index (χ3v) is 5.22. The molecule has 0 aliphatic carbocycles. The average Bonchev–Trinajstić information content (AvgIpc) is 3.07. The third kappa shape index (κ3) is 4.94. The first-order chi connectivity index (χ1) is 12.9. The minimum Gasteiger partial charge on any atom is -0.368 e. The van der Waals surface area contributed by atoms with E-state index in [2.05, 4.69) is 20.5 Å². The molecular weight excluding hydrogens is 369 g/mol. The van der Waals surface area contributed by atoms with Crippen molar-refractivity contribution in [1.82, 2.24) is 15.2 Å². The maximum Gasteiger partial charge on any atom is 0.318 e. The molecule has 0 saturated carbocycles. The largest absolute Gasteiger partial charge is 0.368 e. The molecule has 1 aromatic heterocycles. The van der Waals surface area contributed by atoms with Crippen molar-refractivity contribution in [3.63, 3.8) is 0 Å². The molecule has 0 bridgehead atoms. The molecule has 1 atom stereocenters. The van der Waals surface area contributed by atoms with Crippen LogP contribution in [0.3, 0.4) is 0 Å². The van der Waals surface area contributed by atoms with Crippen molar-refractivity contribution in [2.45, 2.75) is 19.9 Å². The molecule has 1 saturated heterocycles. The summed E-state index contributed by atoms with van der Waals surface area (Å²) in [5.74, 6) is -0.570. The standard InChI is InChI=1S/C18H22FN5O2S/c1-12-11-27-17(20-12)22-16(25)13(2)21-18(26)24-9-7-23(8-10-24)15-5-3-14(19)4-6-15/h3-6,11,13H,7-10H2,1-2H3,(H,21,26)(H,20,22,25)/t13-/m1/s1. The Morgan fingerprint density at radius 3 is 2.44 bits per heavy atom. The number of urea groups is 1. The summed E-state index contributed by atoms with van der Waals surface area (Å²) in [6, 6.07) is 5.39. The van der Waals surface area contributed by atoms with Crippen LogP contribution in [0, 0.1) is 12.7 Å². The monoisotopic (exact) mass is 391 g/mol. The van der Waals surface area contributed by atoms with Crippen LogP contribution in [0.5, 0.6) is 0 Å². The van der Waals surface area contributed by atoms with E-state index in [0.717, 1.165) is 11.4 Å². The van der Waals surface area contributed by atoms with E-state index in [1.165, 1.54) is 23.5 Å². The van der Waals surface area contributed by atoms with E-state index in [-0.39, 0.29) is 17.8 Å². The van der Waals surface area contributed by atoms with Crippen LogP contribution in [0.25, 0.3) is 0 Å². The number of rotatable bonds is 4. The number of aromatic nitrogens is 1. The summed E-state index contributed by atoms with van der Waals surface area (Å²) in [6.07, 6.45) is 0. The summed E-state index contributed by atoms with van der Waals surface area (Å²) in [7, 11) is 0. The number of nitrogens with one attached hydrogen (secondary N) is 2. The Balaban J connectivity index is 1.47. The zero-order valence-corrected chi connectivity index (χ0v) is 16.1. The zero-order chi connectivity index (χ0) is 19.4. The lowest BCUT2D eigenvalue weighted by Gasteiger charge is -2.36. The van der Waals surface area contributed by atoms with Crippen molar-refractivity contribution in [1.29, 1.82) is 0 Å². The molecule has 0 radical (unpaired) electrons. The maximum atomic E-state index is 13.0. The summed E-state index contributed by atoms with van der Waals surface area (Å²) in [5, 5.41) is 7.79. The predicted molar refractivity (Wildman–Crippen MR) is 104 cm³/mol. The maximum absolute atomic E-state index is 13.0. The number of halogens is 1. The quantitative estimate of drug-likeness (QED) is 0.839. The first-order valence-corrected chi connectivity index (χ1v) is 9.59. The molecule has 0 unspecified atom stereocenters. The third-order valence-electron chi connectivity index (χ3n) is 4.34. The lowest BCUT2D eigenvalue weighted by atomic mass is 10.2. The Hall–Kier alpha value is -2.68. The predicted octanol–water partition coefficient (Wildman–Crippen LogP) is 2.45. The van der Waals surface area contributed by atoms with E-state index in [1.807, 2.05) is 12.3 Å². The van der Waals surface area contributed by atoms with Crippen LogP contribution in [-0.4, -0.2) is 54.0 Å². The van der Waals surface area contributed by atoms with Gasteiger partial charge in [0.1, 0.15) is 11.9 Å². The number of thiazole rings is 1. The van der Waals surface area contributed by atoms with Crippen LogP contribution < -0.4 is 15.5 Å². The summed E-state index contributed by atoms with van der Waals surface area (Å²) in [6.45, 7) is 5.86. The molecule has 2 aromatic rings. The zero-order valence-electron chi connectivity index (χ0n) is 15.2. The lowest BCUT2D eigenvalue weighted by molar-refractivity contribution is -0.117. The van der Waals surface area contributed by atoms with Crippen molar-refractivity contribution in [3.05, 3.63) is 41.2 Å². The van der Waals surface area contributed by atoms with Crippen LogP contribution >= 0.6 is 11.3 Å². The van der Waals surface area contributed by atoms with Crippen LogP contribution in [0.1, 0.15) is 12.6 Å². The van der Waals surface area contributed by atoms with Gasteiger partial charge in [0.05, 0.1) is 5.69 Å². The van der Waals surface area contributed by atoms with Crippen molar-refractivity contribution in [3.8, 4) is 0 Å². The summed E-state index contributed by atoms with van der Waals surface area (Å²) in [5.41, 5.74) is 1.77. The molecule has 7 nitrogen and oxygen atoms in total. The molecule has 1 fully saturated rings. The van der Waals surface area contributed by atoms with Crippen molar-refractivity contribution in [2.75, 3.05) is 36.4 Å². The topological polar surface area (TPSA) is 77.6 Å². The normalized spacial score (nSPS) is 15.4. The summed E-state index contributed by atoms with van der Waals surface area (Å²) < 4.78 is 13.0. The highest BCUT2D eigenvalue weighted by Gasteiger charge is 2.24. The Morgan fingerprint density at radius 2 is 1.85 bits per heavy atom. The van der Waals surface area contributed by atoms with Crippen LogP contribution in [0.2, 0.25) is 0 Å². The number of hydrogen-bond acceptors (Lipinski definition) is 5. The van der Waals surface area contributed by atoms with Gasteiger partial charge in [-0.05, 0) is 38.1 Å². The Morgan fingerprint density at radius 1 is 1.19 bits per heavy atom. The molecule has 9 heteroatoms. The first kappa shape index (κ1) is 19.1. The van der Waals surface area contributed by atoms with E-state index >= 15 is 0 Å². The van der Waals surface area contributed by atoms with Gasteiger partial charge in [-0.2, -0.15) is 0 Å². The van der Waals surface area contributed by atoms with Crippen molar-refractivity contribution >= 4 is 34.1 Å². The fraction of sp³-hybridized carbons (Fsp3) is 0.389. The van der Waals surface area contributed by atoms with E-state index < -0.39 is 6.04 Å². The molecule has 1 aliphatic heterocycles. The summed E-state index contributed by atoms with van der Waals surface area (Å²) >= 11 is 1.35. The minimum absolute atomic E-state index is 0.267. The number of nitrogens with zero attached hydrogens (tertiary/aromatic N) is 3. The highest BCUT2D eigenvalue weighted by atomic mass is 32.1. The second-order valence-corrected chi connectivity index (χ2v) is 7.26. The molecule has 2 N–H and O–H groups in total. The van der Waals surface area contributed by atoms with Gasteiger partial charge in [0.15, 0.2) is 5.13 Å². The van der Waals surface area contributed by atoms with Crippen molar-refractivity contribution < 1.29 is 14.0 Å². The first-order valence-electron chi connectivity index (χ1n) is 8.71. The Labute approximate surface area is 161 Å². The van der Waals surface area contributed by atoms with Gasteiger partial charge in [0.2, 0.25) is 5.91 Å². The van der Waals surface area contributed by atoms with Gasteiger partial charge < -0.3 is 20.4 Å². The average molecular weight is 391 g/mol. The summed E-state index contributed by atoms with van der Waals surface area (Å²) in [4.78, 5) is 32.6. The molecule has 2 heterocycles. The molecular formula is C18H22FN5O2S. The fourth-order valence-electron chi connectivity index (χ4n) is 2.79. The van der Waals surface area contributed by atoms with E-state index in [1.54, 1.807) is 24.0 Å². The fourth-order valence-corrected chi connectivity index (χ4v) is 3.48. The van der Waals surface area contributed by atoms with E-state index in [0.29, 0.717) is 31.3 Å². The Bertz CT molecular complexity index is 802. The number of carbonyl (C=O) groups is 2. The molecule has 1 aromatic carbocycles. The number of carbonyl (C=O) groups excluding carboxylic acids is 2. The molecule has 144 valence electrons. The highest BCUT2D eigenvalue weighted by Crippen LogP contribution is 2.17. The molecule has 0 spiro atoms. The van der Waals surface area contributed by atoms with Gasteiger partial charge in [-0.15, -0.1) is 11.3 Å². The smallest absolute Gasteiger partial charge is 0.318 e. The second kappa shape index (κ2) is 8.34. The van der Waals surface area contributed by atoms with E-state index in [4.69, 9.17) is 0 Å². The lowest BCUT2D eigenvalue weighted by Crippen LogP contribution is -2.54. The van der Waals surface area contributed by atoms with E-state index in [9.17, 15) is 14.0 Å². The molecule has 3 rings (SSSR count). The number of anilines is 2. The number of amides is 3. The number of piperazine rings is 1. The van der Waals surface area contributed by atoms with Gasteiger partial charge in [-0.1, -0.05) is 0 Å². The number of aryl methyl sites for hydroxylation is 1. The highest BCUT2D eigenvalue weighted by molar-refractivity contribution is 7.13. The van der Waals surface area contributed by atoms with Crippen molar-refractivity contribution in [2.24, 2.45) is 0 Å². The van der Waals surface area contributed by atoms with Gasteiger partial charge in [-0.3, -0.25) is 4.79 Å². The number of hydrogen-bond donors (Lipinski definition) is 2. The van der Waals surface area contributed by atoms with Crippen LogP contribution in [0.4, 0.5) is 20.0 Å². The van der Waals surface area contributed by atoms with Gasteiger partial charge >= 0.3 is 6.03 Å².